The second kappa shape index (κ2) is 7.85. The number of benzene rings is 2. The van der Waals surface area contributed by atoms with Crippen LogP contribution in [0, 0.1) is 0 Å². The van der Waals surface area contributed by atoms with Crippen molar-refractivity contribution in [3.8, 4) is 0 Å². The van der Waals surface area contributed by atoms with Crippen molar-refractivity contribution in [1.82, 2.24) is 0 Å². The van der Waals surface area contributed by atoms with Crippen LogP contribution in [0.15, 0.2) is 53.0 Å². The van der Waals surface area contributed by atoms with Crippen LogP contribution in [0.1, 0.15) is 12.0 Å². The first-order chi connectivity index (χ1) is 11.6. The van der Waals surface area contributed by atoms with Gasteiger partial charge < -0.3 is 10.6 Å². The van der Waals surface area contributed by atoms with Gasteiger partial charge in [-0.25, -0.2) is 0 Å². The summed E-state index contributed by atoms with van der Waals surface area (Å²) in [5, 5.41) is 5.59. The molecule has 0 spiro atoms. The van der Waals surface area contributed by atoms with Crippen LogP contribution in [0.5, 0.6) is 0 Å². The summed E-state index contributed by atoms with van der Waals surface area (Å²) in [6, 6.07) is 15.3. The Bertz CT molecular complexity index is 766. The molecule has 2 N–H and O–H groups in total. The van der Waals surface area contributed by atoms with Crippen molar-refractivity contribution in [2.75, 3.05) is 16.4 Å². The van der Waals surface area contributed by atoms with E-state index in [1.165, 1.54) is 11.8 Å². The lowest BCUT2D eigenvalue weighted by atomic mass is 10.1. The molecule has 2 aromatic rings. The Morgan fingerprint density at radius 3 is 2.92 bits per heavy atom. The van der Waals surface area contributed by atoms with E-state index in [-0.39, 0.29) is 22.8 Å². The summed E-state index contributed by atoms with van der Waals surface area (Å²) >= 11 is 4.76. The summed E-state index contributed by atoms with van der Waals surface area (Å²) in [6.07, 6.45) is 1.57. The minimum atomic E-state index is -0.217. The van der Waals surface area contributed by atoms with Gasteiger partial charge in [-0.3, -0.25) is 9.59 Å². The summed E-state index contributed by atoms with van der Waals surface area (Å²) < 4.78 is 0.911. The number of carbonyl (C=O) groups excluding carboxylic acids is 2. The number of hydrogen-bond donors (Lipinski definition) is 2. The number of thioether (sulfide) groups is 1. The van der Waals surface area contributed by atoms with E-state index in [1.807, 2.05) is 48.5 Å². The molecule has 3 rings (SSSR count). The number of amides is 2. The number of para-hydroxylation sites is 1. The maximum absolute atomic E-state index is 12.3. The van der Waals surface area contributed by atoms with Crippen LogP contribution >= 0.6 is 27.7 Å². The Hall–Kier alpha value is -1.79. The largest absolute Gasteiger partial charge is 0.325 e. The quantitative estimate of drug-likeness (QED) is 0.806. The second-order valence-corrected chi connectivity index (χ2v) is 7.65. The number of fused-ring (bicyclic) bond motifs is 1. The molecule has 124 valence electrons. The minimum Gasteiger partial charge on any atom is -0.325 e. The lowest BCUT2D eigenvalue weighted by molar-refractivity contribution is -0.115. The van der Waals surface area contributed by atoms with Crippen LogP contribution in [0.3, 0.4) is 0 Å². The highest BCUT2D eigenvalue weighted by molar-refractivity contribution is 9.10. The van der Waals surface area contributed by atoms with Crippen LogP contribution in [0.2, 0.25) is 0 Å². The van der Waals surface area contributed by atoms with Gasteiger partial charge in [-0.15, -0.1) is 11.8 Å². The molecule has 1 aliphatic heterocycles. The van der Waals surface area contributed by atoms with E-state index in [2.05, 4.69) is 26.6 Å². The average molecular weight is 405 g/mol. The van der Waals surface area contributed by atoms with E-state index in [0.717, 1.165) is 34.3 Å². The standard InChI is InChI=1S/C18H17BrN2O2S/c19-13-5-3-6-14(10-13)20-17(22)11-24-16-9-8-12-4-1-2-7-15(12)21-18(16)23/h1-7,10,16H,8-9,11H2,(H,20,22)(H,21,23)/t16-/m0/s1. The van der Waals surface area contributed by atoms with Crippen molar-refractivity contribution >= 4 is 50.9 Å². The molecule has 1 aliphatic rings. The Labute approximate surface area is 153 Å². The van der Waals surface area contributed by atoms with Crippen LogP contribution in [-0.4, -0.2) is 22.8 Å². The summed E-state index contributed by atoms with van der Waals surface area (Å²) in [5.41, 5.74) is 2.77. The van der Waals surface area contributed by atoms with E-state index in [1.54, 1.807) is 0 Å². The first-order valence-corrected chi connectivity index (χ1v) is 9.52. The molecule has 0 unspecified atom stereocenters. The minimum absolute atomic E-state index is 0.0276. The SMILES string of the molecule is O=C(CS[C@H]1CCc2ccccc2NC1=O)Nc1cccc(Br)c1. The van der Waals surface area contributed by atoms with Crippen LogP contribution < -0.4 is 10.6 Å². The fourth-order valence-electron chi connectivity index (χ4n) is 2.59. The number of carbonyl (C=O) groups is 2. The molecule has 2 amide bonds. The van der Waals surface area contributed by atoms with Gasteiger partial charge in [0.2, 0.25) is 11.8 Å². The lowest BCUT2D eigenvalue weighted by Gasteiger charge is -2.13. The molecule has 0 saturated heterocycles. The maximum atomic E-state index is 12.3. The number of nitrogens with one attached hydrogen (secondary N) is 2. The van der Waals surface area contributed by atoms with Gasteiger partial charge in [0, 0.05) is 15.8 Å². The predicted octanol–water partition coefficient (Wildman–Crippen LogP) is 4.07. The van der Waals surface area contributed by atoms with Crippen molar-refractivity contribution in [2.24, 2.45) is 0 Å². The summed E-state index contributed by atoms with van der Waals surface area (Å²) in [6.45, 7) is 0. The van der Waals surface area contributed by atoms with Gasteiger partial charge in [-0.2, -0.15) is 0 Å². The zero-order chi connectivity index (χ0) is 16.9. The Kier molecular flexibility index (Phi) is 5.58. The molecule has 1 atom stereocenters. The lowest BCUT2D eigenvalue weighted by Crippen LogP contribution is -2.26. The van der Waals surface area contributed by atoms with Crippen LogP contribution in [-0.2, 0) is 16.0 Å². The van der Waals surface area contributed by atoms with Crippen molar-refractivity contribution in [1.29, 1.82) is 0 Å². The highest BCUT2D eigenvalue weighted by atomic mass is 79.9. The van der Waals surface area contributed by atoms with Gasteiger partial charge in [0.05, 0.1) is 11.0 Å². The summed E-state index contributed by atoms with van der Waals surface area (Å²) in [7, 11) is 0. The van der Waals surface area contributed by atoms with Crippen molar-refractivity contribution in [3.05, 3.63) is 58.6 Å². The molecule has 0 fully saturated rings. The molecule has 1 heterocycles. The fourth-order valence-corrected chi connectivity index (χ4v) is 3.91. The van der Waals surface area contributed by atoms with Crippen LogP contribution in [0.25, 0.3) is 0 Å². The molecule has 2 aromatic carbocycles. The fraction of sp³-hybridized carbons (Fsp3) is 0.222. The average Bonchev–Trinajstić information content (AvgIpc) is 2.71. The van der Waals surface area contributed by atoms with E-state index >= 15 is 0 Å². The molecule has 0 saturated carbocycles. The van der Waals surface area contributed by atoms with Crippen molar-refractivity contribution in [2.45, 2.75) is 18.1 Å². The third-order valence-electron chi connectivity index (χ3n) is 3.77. The molecule has 0 aromatic heterocycles. The maximum Gasteiger partial charge on any atom is 0.237 e. The molecule has 6 heteroatoms. The molecule has 0 bridgehead atoms. The molecule has 0 radical (unpaired) electrons. The van der Waals surface area contributed by atoms with Crippen molar-refractivity contribution < 1.29 is 9.59 Å². The first-order valence-electron chi connectivity index (χ1n) is 7.67. The Balaban J connectivity index is 1.55. The van der Waals surface area contributed by atoms with Gasteiger partial charge in [0.25, 0.3) is 0 Å². The topological polar surface area (TPSA) is 58.2 Å². The van der Waals surface area contributed by atoms with Gasteiger partial charge in [-0.05, 0) is 42.7 Å². The molecule has 24 heavy (non-hydrogen) atoms. The number of halogens is 1. The van der Waals surface area contributed by atoms with Crippen LogP contribution in [0.4, 0.5) is 11.4 Å². The number of anilines is 2. The highest BCUT2D eigenvalue weighted by Gasteiger charge is 2.24. The van der Waals surface area contributed by atoms with E-state index < -0.39 is 0 Å². The number of aryl methyl sites for hydroxylation is 1. The van der Waals surface area contributed by atoms with Gasteiger partial charge in [0.1, 0.15) is 0 Å². The van der Waals surface area contributed by atoms with E-state index in [0.29, 0.717) is 0 Å². The molecule has 0 aliphatic carbocycles. The van der Waals surface area contributed by atoms with Gasteiger partial charge in [0.15, 0.2) is 0 Å². The van der Waals surface area contributed by atoms with E-state index in [4.69, 9.17) is 0 Å². The molecule has 4 nitrogen and oxygen atoms in total. The zero-order valence-electron chi connectivity index (χ0n) is 12.9. The first kappa shape index (κ1) is 17.0. The van der Waals surface area contributed by atoms with Gasteiger partial charge in [-0.1, -0.05) is 40.2 Å². The van der Waals surface area contributed by atoms with Gasteiger partial charge >= 0.3 is 0 Å². The highest BCUT2D eigenvalue weighted by Crippen LogP contribution is 2.27. The summed E-state index contributed by atoms with van der Waals surface area (Å²) in [4.78, 5) is 24.4. The Morgan fingerprint density at radius 2 is 2.08 bits per heavy atom. The Morgan fingerprint density at radius 1 is 1.25 bits per heavy atom. The molecular formula is C18H17BrN2O2S. The smallest absolute Gasteiger partial charge is 0.237 e. The third-order valence-corrected chi connectivity index (χ3v) is 5.54. The number of hydrogen-bond acceptors (Lipinski definition) is 3. The van der Waals surface area contributed by atoms with Crippen molar-refractivity contribution in [3.63, 3.8) is 0 Å². The predicted molar refractivity (Wildman–Crippen MR) is 102 cm³/mol. The second-order valence-electron chi connectivity index (χ2n) is 5.54. The van der Waals surface area contributed by atoms with E-state index in [9.17, 15) is 9.59 Å². The normalized spacial score (nSPS) is 16.7. The number of rotatable bonds is 4. The monoisotopic (exact) mass is 404 g/mol. The molecular weight excluding hydrogens is 388 g/mol. The zero-order valence-corrected chi connectivity index (χ0v) is 15.3. The third kappa shape index (κ3) is 4.39. The summed E-state index contributed by atoms with van der Waals surface area (Å²) in [5.74, 6) is 0.119.